The Bertz CT molecular complexity index is 577. The van der Waals surface area contributed by atoms with E-state index in [0.717, 1.165) is 6.54 Å². The SMILES string of the molecule is CC(C)(CNCC#N)c1ccc(-c2ccccc2)cc1. The third-order valence-electron chi connectivity index (χ3n) is 3.54. The van der Waals surface area contributed by atoms with Gasteiger partial charge in [0.1, 0.15) is 0 Å². The Balaban J connectivity index is 2.14. The van der Waals surface area contributed by atoms with E-state index in [0.29, 0.717) is 6.54 Å². The zero-order chi connectivity index (χ0) is 14.4. The molecule has 2 rings (SSSR count). The topological polar surface area (TPSA) is 35.8 Å². The molecule has 2 heteroatoms. The van der Waals surface area contributed by atoms with E-state index in [1.807, 2.05) is 6.07 Å². The lowest BCUT2D eigenvalue weighted by Crippen LogP contribution is -2.33. The molecule has 0 heterocycles. The van der Waals surface area contributed by atoms with Crippen LogP contribution in [0.5, 0.6) is 0 Å². The van der Waals surface area contributed by atoms with Gasteiger partial charge in [-0.05, 0) is 16.7 Å². The lowest BCUT2D eigenvalue weighted by molar-refractivity contribution is 0.485. The molecule has 0 saturated carbocycles. The second kappa shape index (κ2) is 6.36. The van der Waals surface area contributed by atoms with E-state index in [-0.39, 0.29) is 5.41 Å². The summed E-state index contributed by atoms with van der Waals surface area (Å²) in [5.41, 5.74) is 3.77. The highest BCUT2D eigenvalue weighted by atomic mass is 14.9. The molecule has 0 aromatic heterocycles. The fourth-order valence-electron chi connectivity index (χ4n) is 2.28. The molecule has 20 heavy (non-hydrogen) atoms. The molecular formula is C18H20N2. The molecule has 0 radical (unpaired) electrons. The predicted molar refractivity (Wildman–Crippen MR) is 83.4 cm³/mol. The first-order valence-corrected chi connectivity index (χ1v) is 6.87. The third-order valence-corrected chi connectivity index (χ3v) is 3.54. The highest BCUT2D eigenvalue weighted by molar-refractivity contribution is 5.63. The van der Waals surface area contributed by atoms with Crippen LogP contribution in [0.3, 0.4) is 0 Å². The van der Waals surface area contributed by atoms with Gasteiger partial charge in [-0.25, -0.2) is 0 Å². The average molecular weight is 264 g/mol. The van der Waals surface area contributed by atoms with Gasteiger partial charge >= 0.3 is 0 Å². The summed E-state index contributed by atoms with van der Waals surface area (Å²) in [6.45, 7) is 5.57. The van der Waals surface area contributed by atoms with E-state index in [9.17, 15) is 0 Å². The smallest absolute Gasteiger partial charge is 0.0841 e. The number of rotatable bonds is 5. The molecular weight excluding hydrogens is 244 g/mol. The summed E-state index contributed by atoms with van der Waals surface area (Å²) in [5, 5.41) is 11.7. The molecule has 2 aromatic rings. The van der Waals surface area contributed by atoms with Gasteiger partial charge in [-0.15, -0.1) is 0 Å². The molecule has 0 aliphatic rings. The quantitative estimate of drug-likeness (QED) is 0.659. The standard InChI is InChI=1S/C18H20N2/c1-18(2,14-20-13-12-19)17-10-8-16(9-11-17)15-6-4-3-5-7-15/h3-11,20H,13-14H2,1-2H3. The van der Waals surface area contributed by atoms with E-state index in [1.165, 1.54) is 16.7 Å². The molecule has 0 bridgehead atoms. The van der Waals surface area contributed by atoms with Gasteiger partial charge in [0.2, 0.25) is 0 Å². The number of nitriles is 1. The Kier molecular flexibility index (Phi) is 4.55. The van der Waals surface area contributed by atoms with Crippen molar-refractivity contribution in [2.24, 2.45) is 0 Å². The van der Waals surface area contributed by atoms with Gasteiger partial charge in [0.25, 0.3) is 0 Å². The Hall–Kier alpha value is -2.11. The van der Waals surface area contributed by atoms with Crippen LogP contribution in [-0.4, -0.2) is 13.1 Å². The van der Waals surface area contributed by atoms with Crippen LogP contribution in [0.1, 0.15) is 19.4 Å². The second-order valence-electron chi connectivity index (χ2n) is 5.59. The normalized spacial score (nSPS) is 11.1. The van der Waals surface area contributed by atoms with Crippen LogP contribution in [0.25, 0.3) is 11.1 Å². The Labute approximate surface area is 121 Å². The minimum atomic E-state index is 0.0199. The molecule has 0 aliphatic heterocycles. The maximum absolute atomic E-state index is 8.58. The number of hydrogen-bond acceptors (Lipinski definition) is 2. The monoisotopic (exact) mass is 264 g/mol. The van der Waals surface area contributed by atoms with Crippen molar-refractivity contribution in [2.45, 2.75) is 19.3 Å². The van der Waals surface area contributed by atoms with Crippen LogP contribution in [0, 0.1) is 11.3 Å². The summed E-state index contributed by atoms with van der Waals surface area (Å²) in [7, 11) is 0. The maximum atomic E-state index is 8.58. The van der Waals surface area contributed by atoms with Gasteiger partial charge in [-0.2, -0.15) is 5.26 Å². The molecule has 0 spiro atoms. The van der Waals surface area contributed by atoms with Crippen molar-refractivity contribution in [3.05, 3.63) is 60.2 Å². The molecule has 0 saturated heterocycles. The van der Waals surface area contributed by atoms with Gasteiger partial charge in [0.15, 0.2) is 0 Å². The van der Waals surface area contributed by atoms with Crippen LogP contribution in [0.2, 0.25) is 0 Å². The lowest BCUT2D eigenvalue weighted by Gasteiger charge is -2.25. The zero-order valence-electron chi connectivity index (χ0n) is 12.1. The van der Waals surface area contributed by atoms with Crippen LogP contribution in [-0.2, 0) is 5.41 Å². The molecule has 0 unspecified atom stereocenters. The minimum Gasteiger partial charge on any atom is -0.304 e. The highest BCUT2D eigenvalue weighted by Gasteiger charge is 2.19. The molecule has 1 N–H and O–H groups in total. The first kappa shape index (κ1) is 14.3. The molecule has 0 amide bonds. The Morgan fingerprint density at radius 3 is 2.15 bits per heavy atom. The van der Waals surface area contributed by atoms with Gasteiger partial charge in [-0.3, -0.25) is 0 Å². The molecule has 0 fully saturated rings. The summed E-state index contributed by atoms with van der Waals surface area (Å²) in [6.07, 6.45) is 0. The Morgan fingerprint density at radius 2 is 1.55 bits per heavy atom. The van der Waals surface area contributed by atoms with Gasteiger partial charge in [-0.1, -0.05) is 68.4 Å². The first-order chi connectivity index (χ1) is 9.63. The largest absolute Gasteiger partial charge is 0.304 e. The average Bonchev–Trinajstić information content (AvgIpc) is 2.48. The summed E-state index contributed by atoms with van der Waals surface area (Å²) >= 11 is 0. The molecule has 2 aromatic carbocycles. The maximum Gasteiger partial charge on any atom is 0.0841 e. The van der Waals surface area contributed by atoms with Crippen LogP contribution in [0.15, 0.2) is 54.6 Å². The van der Waals surface area contributed by atoms with Crippen molar-refractivity contribution in [1.29, 1.82) is 5.26 Å². The first-order valence-electron chi connectivity index (χ1n) is 6.87. The number of benzene rings is 2. The van der Waals surface area contributed by atoms with E-state index >= 15 is 0 Å². The van der Waals surface area contributed by atoms with E-state index in [4.69, 9.17) is 5.26 Å². The summed E-state index contributed by atoms with van der Waals surface area (Å²) in [4.78, 5) is 0. The second-order valence-corrected chi connectivity index (χ2v) is 5.59. The fraction of sp³-hybridized carbons (Fsp3) is 0.278. The zero-order valence-corrected chi connectivity index (χ0v) is 12.1. The molecule has 0 atom stereocenters. The fourth-order valence-corrected chi connectivity index (χ4v) is 2.28. The van der Waals surface area contributed by atoms with Crippen molar-refractivity contribution in [3.63, 3.8) is 0 Å². The van der Waals surface area contributed by atoms with Crippen LogP contribution < -0.4 is 5.32 Å². The number of nitrogens with one attached hydrogen (secondary N) is 1. The van der Waals surface area contributed by atoms with Gasteiger partial charge in [0.05, 0.1) is 12.6 Å². The number of nitrogens with zero attached hydrogens (tertiary/aromatic N) is 1. The lowest BCUT2D eigenvalue weighted by atomic mass is 9.84. The Morgan fingerprint density at radius 1 is 0.950 bits per heavy atom. The molecule has 102 valence electrons. The van der Waals surface area contributed by atoms with Gasteiger partial charge < -0.3 is 5.32 Å². The van der Waals surface area contributed by atoms with Crippen LogP contribution in [0.4, 0.5) is 0 Å². The van der Waals surface area contributed by atoms with Crippen molar-refractivity contribution in [3.8, 4) is 17.2 Å². The van der Waals surface area contributed by atoms with E-state index < -0.39 is 0 Å². The molecule has 2 nitrogen and oxygen atoms in total. The van der Waals surface area contributed by atoms with Crippen molar-refractivity contribution in [2.75, 3.05) is 13.1 Å². The summed E-state index contributed by atoms with van der Waals surface area (Å²) < 4.78 is 0. The van der Waals surface area contributed by atoms with Crippen LogP contribution >= 0.6 is 0 Å². The highest BCUT2D eigenvalue weighted by Crippen LogP contribution is 2.26. The third kappa shape index (κ3) is 3.46. The predicted octanol–water partition coefficient (Wildman–Crippen LogP) is 3.74. The van der Waals surface area contributed by atoms with E-state index in [1.54, 1.807) is 0 Å². The summed E-state index contributed by atoms with van der Waals surface area (Å²) in [6, 6.07) is 21.2. The molecule has 0 aliphatic carbocycles. The van der Waals surface area contributed by atoms with E-state index in [2.05, 4.69) is 73.8 Å². The van der Waals surface area contributed by atoms with Crippen molar-refractivity contribution in [1.82, 2.24) is 5.32 Å². The van der Waals surface area contributed by atoms with Crippen molar-refractivity contribution >= 4 is 0 Å². The van der Waals surface area contributed by atoms with Gasteiger partial charge in [0, 0.05) is 12.0 Å². The number of hydrogen-bond donors (Lipinski definition) is 1. The van der Waals surface area contributed by atoms with Crippen molar-refractivity contribution < 1.29 is 0 Å². The summed E-state index contributed by atoms with van der Waals surface area (Å²) in [5.74, 6) is 0. The minimum absolute atomic E-state index is 0.0199.